The monoisotopic (exact) mass is 470 g/mol. The van der Waals surface area contributed by atoms with Gasteiger partial charge < -0.3 is 5.32 Å². The molecule has 1 amide bonds. The molecule has 152 valence electrons. The molecule has 0 radical (unpaired) electrons. The van der Waals surface area contributed by atoms with Gasteiger partial charge >= 0.3 is 0 Å². The van der Waals surface area contributed by atoms with E-state index < -0.39 is 16.9 Å². The molecule has 0 bridgehead atoms. The van der Waals surface area contributed by atoms with Crippen molar-refractivity contribution in [3.05, 3.63) is 79.5 Å². The predicted octanol–water partition coefficient (Wildman–Crippen LogP) is 3.29. The van der Waals surface area contributed by atoms with Crippen LogP contribution in [0.3, 0.4) is 0 Å². The quantitative estimate of drug-likeness (QED) is 0.459. The minimum atomic E-state index is -2.89. The number of thiol groups is 1. The third kappa shape index (κ3) is 5.74. The summed E-state index contributed by atoms with van der Waals surface area (Å²) in [5, 5.41) is 4.37. The van der Waals surface area contributed by atoms with Crippen LogP contribution in [-0.2, 0) is 17.4 Å². The number of aryl methyl sites for hydroxylation is 1. The van der Waals surface area contributed by atoms with Crippen molar-refractivity contribution in [2.45, 2.75) is 19.5 Å². The van der Waals surface area contributed by atoms with E-state index in [9.17, 15) is 13.2 Å². The van der Waals surface area contributed by atoms with Crippen LogP contribution >= 0.6 is 34.5 Å². The number of nitrogens with one attached hydrogen (secondary N) is 2. The maximum absolute atomic E-state index is 12.3. The Morgan fingerprint density at radius 1 is 1.10 bits per heavy atom. The first-order chi connectivity index (χ1) is 13.8. The van der Waals surface area contributed by atoms with Gasteiger partial charge in [-0.25, -0.2) is 18.1 Å². The zero-order valence-corrected chi connectivity index (χ0v) is 18.3. The molecule has 0 aliphatic heterocycles. The number of aromatic nitrogens is 2. The van der Waals surface area contributed by atoms with Gasteiger partial charge in [0.15, 0.2) is 0 Å². The van der Waals surface area contributed by atoms with Crippen LogP contribution < -0.4 is 10.0 Å². The Kier molecular flexibility index (Phi) is 7.20. The van der Waals surface area contributed by atoms with E-state index in [1.807, 2.05) is 6.92 Å². The van der Waals surface area contributed by atoms with Crippen molar-refractivity contribution in [1.82, 2.24) is 20.0 Å². The molecule has 3 rings (SSSR count). The molecule has 11 heteroatoms. The summed E-state index contributed by atoms with van der Waals surface area (Å²) in [5.41, 5.74) is 1.37. The maximum Gasteiger partial charge on any atom is 0.270 e. The first-order valence-electron chi connectivity index (χ1n) is 8.34. The molecule has 0 saturated heterocycles. The normalized spacial score (nSPS) is 12.1. The number of carbonyl (C=O) groups excluding carboxylic acids is 1. The molecule has 0 aliphatic carbocycles. The van der Waals surface area contributed by atoms with Gasteiger partial charge in [-0.15, -0.1) is 11.3 Å². The highest BCUT2D eigenvalue weighted by Crippen LogP contribution is 2.28. The second-order valence-electron chi connectivity index (χ2n) is 6.00. The van der Waals surface area contributed by atoms with Gasteiger partial charge in [0.1, 0.15) is 5.69 Å². The van der Waals surface area contributed by atoms with Gasteiger partial charge in [0.25, 0.3) is 5.91 Å². The van der Waals surface area contributed by atoms with E-state index >= 15 is 0 Å². The highest BCUT2D eigenvalue weighted by molar-refractivity contribution is 7.70. The number of carbonyl (C=O) groups is 1. The summed E-state index contributed by atoms with van der Waals surface area (Å²) >= 11 is 13.5. The van der Waals surface area contributed by atoms with E-state index in [0.717, 1.165) is 9.88 Å². The van der Waals surface area contributed by atoms with Gasteiger partial charge in [0.2, 0.25) is 10.9 Å². The largest absolute Gasteiger partial charge is 0.346 e. The second kappa shape index (κ2) is 9.64. The summed E-state index contributed by atoms with van der Waals surface area (Å²) < 4.78 is 25.0. The van der Waals surface area contributed by atoms with Gasteiger partial charge in [-0.2, -0.15) is 0 Å². The van der Waals surface area contributed by atoms with Crippen molar-refractivity contribution in [3.63, 3.8) is 0 Å². The molecular weight excluding hydrogens is 455 g/mol. The standard InChI is InChI=1S/C18H16Cl2N4O3S2/c1-10-21-8-13(28-10)9-23-18(25)16-5-3-12(7-22-16)17(24-29(26)27)11-2-4-14(19)15(20)6-11/h2-8,17,29H,9H2,1H3,(H,23,25)(H,24,26,27). The lowest BCUT2D eigenvalue weighted by Gasteiger charge is -2.17. The Balaban J connectivity index is 1.77. The first kappa shape index (κ1) is 21.7. The fourth-order valence-electron chi connectivity index (χ4n) is 2.59. The van der Waals surface area contributed by atoms with Crippen LogP contribution in [0.25, 0.3) is 0 Å². The molecule has 2 aromatic heterocycles. The van der Waals surface area contributed by atoms with Crippen molar-refractivity contribution < 1.29 is 13.2 Å². The number of benzene rings is 1. The average molecular weight is 471 g/mol. The minimum Gasteiger partial charge on any atom is -0.346 e. The van der Waals surface area contributed by atoms with Crippen LogP contribution in [-0.4, -0.2) is 24.3 Å². The molecule has 0 saturated carbocycles. The lowest BCUT2D eigenvalue weighted by atomic mass is 10.0. The zero-order chi connectivity index (χ0) is 21.0. The average Bonchev–Trinajstić information content (AvgIpc) is 3.12. The summed E-state index contributed by atoms with van der Waals surface area (Å²) in [6.07, 6.45) is 3.17. The highest BCUT2D eigenvalue weighted by atomic mass is 35.5. The van der Waals surface area contributed by atoms with E-state index in [2.05, 4.69) is 20.0 Å². The lowest BCUT2D eigenvalue weighted by molar-refractivity contribution is 0.0946. The fraction of sp³-hybridized carbons (Fsp3) is 0.167. The van der Waals surface area contributed by atoms with E-state index in [-0.39, 0.29) is 11.6 Å². The third-order valence-corrected chi connectivity index (χ3v) is 6.08. The van der Waals surface area contributed by atoms with Crippen molar-refractivity contribution in [1.29, 1.82) is 0 Å². The topological polar surface area (TPSA) is 101 Å². The summed E-state index contributed by atoms with van der Waals surface area (Å²) in [7, 11) is -2.89. The van der Waals surface area contributed by atoms with Gasteiger partial charge in [0.05, 0.1) is 27.6 Å². The lowest BCUT2D eigenvalue weighted by Crippen LogP contribution is -2.24. The summed E-state index contributed by atoms with van der Waals surface area (Å²) in [6, 6.07) is 7.29. The van der Waals surface area contributed by atoms with Crippen molar-refractivity contribution in [3.8, 4) is 0 Å². The Hall–Kier alpha value is -2.04. The number of amides is 1. The SMILES string of the molecule is Cc1ncc(CNC(=O)c2ccc(C(N[SH](=O)=O)c3ccc(Cl)c(Cl)c3)cn2)s1. The molecule has 1 atom stereocenters. The predicted molar refractivity (Wildman–Crippen MR) is 114 cm³/mol. The van der Waals surface area contributed by atoms with Crippen LogP contribution in [0.4, 0.5) is 0 Å². The van der Waals surface area contributed by atoms with Crippen LogP contribution in [0.2, 0.25) is 10.0 Å². The Morgan fingerprint density at radius 3 is 2.45 bits per heavy atom. The minimum absolute atomic E-state index is 0.217. The Labute approximate surface area is 183 Å². The Bertz CT molecular complexity index is 1090. The highest BCUT2D eigenvalue weighted by Gasteiger charge is 2.17. The number of thiazole rings is 1. The molecule has 2 N–H and O–H groups in total. The van der Waals surface area contributed by atoms with Crippen LogP contribution in [0.5, 0.6) is 0 Å². The summed E-state index contributed by atoms with van der Waals surface area (Å²) in [4.78, 5) is 21.6. The number of rotatable bonds is 7. The zero-order valence-electron chi connectivity index (χ0n) is 15.1. The first-order valence-corrected chi connectivity index (χ1v) is 11.1. The molecule has 3 aromatic rings. The fourth-order valence-corrected chi connectivity index (χ4v) is 4.14. The molecule has 29 heavy (non-hydrogen) atoms. The van der Waals surface area contributed by atoms with Gasteiger partial charge in [-0.1, -0.05) is 35.3 Å². The molecular formula is C18H16Cl2N4O3S2. The van der Waals surface area contributed by atoms with Crippen LogP contribution in [0.1, 0.15) is 37.5 Å². The smallest absolute Gasteiger partial charge is 0.270 e. The molecule has 1 unspecified atom stereocenters. The van der Waals surface area contributed by atoms with Crippen molar-refractivity contribution in [2.75, 3.05) is 0 Å². The third-order valence-electron chi connectivity index (χ3n) is 3.96. The molecule has 0 spiro atoms. The molecule has 0 aliphatic rings. The molecule has 1 aromatic carbocycles. The van der Waals surface area contributed by atoms with E-state index in [1.165, 1.54) is 23.6 Å². The van der Waals surface area contributed by atoms with Gasteiger partial charge in [0, 0.05) is 17.3 Å². The van der Waals surface area contributed by atoms with Crippen molar-refractivity contribution in [2.24, 2.45) is 0 Å². The molecule has 2 heterocycles. The summed E-state index contributed by atoms with van der Waals surface area (Å²) in [6.45, 7) is 2.25. The summed E-state index contributed by atoms with van der Waals surface area (Å²) in [5.74, 6) is -0.337. The van der Waals surface area contributed by atoms with Crippen LogP contribution in [0, 0.1) is 6.92 Å². The van der Waals surface area contributed by atoms with E-state index in [4.69, 9.17) is 23.2 Å². The number of nitrogens with zero attached hydrogens (tertiary/aromatic N) is 2. The number of hydrogen-bond acceptors (Lipinski definition) is 6. The van der Waals surface area contributed by atoms with Crippen LogP contribution in [0.15, 0.2) is 42.7 Å². The van der Waals surface area contributed by atoms with Gasteiger partial charge in [-0.05, 0) is 36.2 Å². The number of hydrogen-bond donors (Lipinski definition) is 3. The molecule has 0 fully saturated rings. The van der Waals surface area contributed by atoms with Crippen molar-refractivity contribution >= 4 is 51.3 Å². The number of halogens is 2. The van der Waals surface area contributed by atoms with E-state index in [0.29, 0.717) is 27.7 Å². The van der Waals surface area contributed by atoms with Gasteiger partial charge in [-0.3, -0.25) is 9.78 Å². The number of pyridine rings is 1. The molecule has 7 nitrogen and oxygen atoms in total. The second-order valence-corrected chi connectivity index (χ2v) is 8.90. The van der Waals surface area contributed by atoms with E-state index in [1.54, 1.807) is 30.5 Å². The Morgan fingerprint density at radius 2 is 1.86 bits per heavy atom. The maximum atomic E-state index is 12.3.